The molecule has 0 aliphatic carbocycles. The van der Waals surface area contributed by atoms with Gasteiger partial charge in [0.05, 0.1) is 13.2 Å². The molecule has 0 spiro atoms. The molecular weight excluding hydrogens is 206 g/mol. The monoisotopic (exact) mass is 225 g/mol. The maximum absolute atomic E-state index is 9.63. The molecule has 90 valence electrons. The van der Waals surface area contributed by atoms with Gasteiger partial charge in [-0.2, -0.15) is 4.98 Å². The van der Waals surface area contributed by atoms with Crippen LogP contribution in [0.25, 0.3) is 0 Å². The highest BCUT2D eigenvalue weighted by molar-refractivity contribution is 5.30. The third kappa shape index (κ3) is 3.66. The molecule has 0 bridgehead atoms. The van der Waals surface area contributed by atoms with E-state index in [4.69, 9.17) is 4.74 Å². The van der Waals surface area contributed by atoms with Gasteiger partial charge in [-0.1, -0.05) is 13.8 Å². The Morgan fingerprint density at radius 3 is 2.69 bits per heavy atom. The van der Waals surface area contributed by atoms with Crippen molar-refractivity contribution in [3.05, 3.63) is 11.8 Å². The number of aromatic nitrogens is 2. The number of aliphatic hydroxyl groups is 1. The molecule has 0 aliphatic heterocycles. The van der Waals surface area contributed by atoms with Gasteiger partial charge >= 0.3 is 0 Å². The van der Waals surface area contributed by atoms with Gasteiger partial charge in [0.2, 0.25) is 11.8 Å². The summed E-state index contributed by atoms with van der Waals surface area (Å²) in [7, 11) is 1.56. The van der Waals surface area contributed by atoms with Gasteiger partial charge in [-0.25, -0.2) is 4.98 Å². The summed E-state index contributed by atoms with van der Waals surface area (Å²) in [5.74, 6) is 1.21. The standard InChI is InChI=1S/C11H19N3O2/c1-7(2)9(15)6-12-11-13-8(3)5-10(14-11)16-4/h5,7,9,15H,6H2,1-4H3,(H,12,13,14). The maximum atomic E-state index is 9.63. The number of ether oxygens (including phenoxy) is 1. The van der Waals surface area contributed by atoms with E-state index in [1.807, 2.05) is 20.8 Å². The van der Waals surface area contributed by atoms with Crippen molar-refractivity contribution in [1.82, 2.24) is 9.97 Å². The van der Waals surface area contributed by atoms with Crippen molar-refractivity contribution < 1.29 is 9.84 Å². The number of aryl methyl sites for hydroxylation is 1. The number of rotatable bonds is 5. The van der Waals surface area contributed by atoms with E-state index in [1.165, 1.54) is 0 Å². The lowest BCUT2D eigenvalue weighted by Gasteiger charge is -2.15. The molecule has 0 amide bonds. The topological polar surface area (TPSA) is 67.3 Å². The Morgan fingerprint density at radius 1 is 1.44 bits per heavy atom. The van der Waals surface area contributed by atoms with Crippen molar-refractivity contribution in [3.63, 3.8) is 0 Å². The second-order valence-electron chi connectivity index (χ2n) is 4.07. The van der Waals surface area contributed by atoms with Gasteiger partial charge in [-0.3, -0.25) is 0 Å². The lowest BCUT2D eigenvalue weighted by molar-refractivity contribution is 0.137. The number of methoxy groups -OCH3 is 1. The highest BCUT2D eigenvalue weighted by Gasteiger charge is 2.09. The fraction of sp³-hybridized carbons (Fsp3) is 0.636. The van der Waals surface area contributed by atoms with Crippen LogP contribution < -0.4 is 10.1 Å². The van der Waals surface area contributed by atoms with E-state index in [1.54, 1.807) is 13.2 Å². The molecule has 0 saturated heterocycles. The van der Waals surface area contributed by atoms with Crippen LogP contribution in [0.3, 0.4) is 0 Å². The van der Waals surface area contributed by atoms with Gasteiger partial charge in [0.1, 0.15) is 0 Å². The SMILES string of the molecule is COc1cc(C)nc(NCC(O)C(C)C)n1. The van der Waals surface area contributed by atoms with Gasteiger partial charge < -0.3 is 15.2 Å². The van der Waals surface area contributed by atoms with Crippen LogP contribution in [0, 0.1) is 12.8 Å². The second-order valence-corrected chi connectivity index (χ2v) is 4.07. The first-order valence-corrected chi connectivity index (χ1v) is 5.34. The van der Waals surface area contributed by atoms with E-state index < -0.39 is 6.10 Å². The number of anilines is 1. The number of nitrogens with zero attached hydrogens (tertiary/aromatic N) is 2. The summed E-state index contributed by atoms with van der Waals surface area (Å²) in [6.45, 7) is 6.23. The molecule has 5 nitrogen and oxygen atoms in total. The predicted octanol–water partition coefficient (Wildman–Crippen LogP) is 1.22. The molecule has 1 aromatic rings. The van der Waals surface area contributed by atoms with Crippen molar-refractivity contribution in [3.8, 4) is 5.88 Å². The Balaban J connectivity index is 2.63. The average molecular weight is 225 g/mol. The fourth-order valence-electron chi connectivity index (χ4n) is 1.15. The Labute approximate surface area is 95.9 Å². The molecule has 0 aromatic carbocycles. The minimum absolute atomic E-state index is 0.208. The van der Waals surface area contributed by atoms with Crippen LogP contribution in [0.1, 0.15) is 19.5 Å². The van der Waals surface area contributed by atoms with Crippen molar-refractivity contribution in [2.45, 2.75) is 26.9 Å². The highest BCUT2D eigenvalue weighted by Crippen LogP contribution is 2.11. The summed E-state index contributed by atoms with van der Waals surface area (Å²) in [5.41, 5.74) is 0.827. The summed E-state index contributed by atoms with van der Waals surface area (Å²) in [5, 5.41) is 12.6. The molecular formula is C11H19N3O2. The molecule has 0 saturated carbocycles. The molecule has 0 fully saturated rings. The number of hydrogen-bond donors (Lipinski definition) is 2. The lowest BCUT2D eigenvalue weighted by atomic mass is 10.1. The average Bonchev–Trinajstić information content (AvgIpc) is 2.24. The van der Waals surface area contributed by atoms with E-state index in [2.05, 4.69) is 15.3 Å². The van der Waals surface area contributed by atoms with Gasteiger partial charge in [0.15, 0.2) is 0 Å². The van der Waals surface area contributed by atoms with Crippen LogP contribution in [-0.4, -0.2) is 34.8 Å². The lowest BCUT2D eigenvalue weighted by Crippen LogP contribution is -2.25. The summed E-state index contributed by atoms with van der Waals surface area (Å²) in [6.07, 6.45) is -0.407. The normalized spacial score (nSPS) is 12.6. The third-order valence-corrected chi connectivity index (χ3v) is 2.28. The highest BCUT2D eigenvalue weighted by atomic mass is 16.5. The molecule has 0 radical (unpaired) electrons. The Bertz CT molecular complexity index is 342. The van der Waals surface area contributed by atoms with Gasteiger partial charge in [-0.15, -0.1) is 0 Å². The molecule has 5 heteroatoms. The molecule has 1 aromatic heterocycles. The summed E-state index contributed by atoms with van der Waals surface area (Å²) in [6, 6.07) is 1.75. The second kappa shape index (κ2) is 5.65. The summed E-state index contributed by atoms with van der Waals surface area (Å²) >= 11 is 0. The zero-order chi connectivity index (χ0) is 12.1. The van der Waals surface area contributed by atoms with Gasteiger partial charge in [-0.05, 0) is 12.8 Å². The van der Waals surface area contributed by atoms with Crippen molar-refractivity contribution >= 4 is 5.95 Å². The quantitative estimate of drug-likeness (QED) is 0.788. The molecule has 2 N–H and O–H groups in total. The smallest absolute Gasteiger partial charge is 0.226 e. The van der Waals surface area contributed by atoms with Crippen LogP contribution in [-0.2, 0) is 0 Å². The number of nitrogens with one attached hydrogen (secondary N) is 1. The molecule has 1 heterocycles. The number of hydrogen-bond acceptors (Lipinski definition) is 5. The van der Waals surface area contributed by atoms with Crippen molar-refractivity contribution in [2.75, 3.05) is 19.0 Å². The fourth-order valence-corrected chi connectivity index (χ4v) is 1.15. The Kier molecular flexibility index (Phi) is 4.49. The minimum atomic E-state index is -0.407. The minimum Gasteiger partial charge on any atom is -0.481 e. The molecule has 16 heavy (non-hydrogen) atoms. The zero-order valence-corrected chi connectivity index (χ0v) is 10.2. The van der Waals surface area contributed by atoms with Crippen LogP contribution in [0.5, 0.6) is 5.88 Å². The zero-order valence-electron chi connectivity index (χ0n) is 10.2. The summed E-state index contributed by atoms with van der Waals surface area (Å²) < 4.78 is 5.04. The van der Waals surface area contributed by atoms with E-state index in [9.17, 15) is 5.11 Å². The van der Waals surface area contributed by atoms with Crippen molar-refractivity contribution in [1.29, 1.82) is 0 Å². The van der Waals surface area contributed by atoms with Gasteiger partial charge in [0, 0.05) is 18.3 Å². The molecule has 1 unspecified atom stereocenters. The first-order chi connectivity index (χ1) is 7.52. The van der Waals surface area contributed by atoms with Gasteiger partial charge in [0.25, 0.3) is 0 Å². The number of aliphatic hydroxyl groups excluding tert-OH is 1. The van der Waals surface area contributed by atoms with E-state index in [0.717, 1.165) is 5.69 Å². The Morgan fingerprint density at radius 2 is 2.12 bits per heavy atom. The first kappa shape index (κ1) is 12.7. The van der Waals surface area contributed by atoms with E-state index in [-0.39, 0.29) is 5.92 Å². The van der Waals surface area contributed by atoms with Crippen LogP contribution in [0.2, 0.25) is 0 Å². The van der Waals surface area contributed by atoms with E-state index in [0.29, 0.717) is 18.4 Å². The first-order valence-electron chi connectivity index (χ1n) is 5.34. The molecule has 0 aliphatic rings. The molecule has 1 atom stereocenters. The maximum Gasteiger partial charge on any atom is 0.226 e. The largest absolute Gasteiger partial charge is 0.481 e. The van der Waals surface area contributed by atoms with Crippen molar-refractivity contribution in [2.24, 2.45) is 5.92 Å². The van der Waals surface area contributed by atoms with E-state index >= 15 is 0 Å². The summed E-state index contributed by atoms with van der Waals surface area (Å²) in [4.78, 5) is 8.33. The predicted molar refractivity (Wildman–Crippen MR) is 62.7 cm³/mol. The third-order valence-electron chi connectivity index (χ3n) is 2.28. The molecule has 1 rings (SSSR count). The van der Waals surface area contributed by atoms with Crippen LogP contribution in [0.15, 0.2) is 6.07 Å². The van der Waals surface area contributed by atoms with Crippen LogP contribution in [0.4, 0.5) is 5.95 Å². The van der Waals surface area contributed by atoms with Crippen LogP contribution >= 0.6 is 0 Å². The Hall–Kier alpha value is -1.36.